The lowest BCUT2D eigenvalue weighted by molar-refractivity contribution is 0.102. The molecule has 3 heteroatoms. The van der Waals surface area contributed by atoms with Crippen LogP contribution in [0.1, 0.15) is 39.0 Å². The minimum Gasteiger partial charge on any atom is -0.399 e. The van der Waals surface area contributed by atoms with Crippen LogP contribution < -0.4 is 11.1 Å². The van der Waals surface area contributed by atoms with Crippen molar-refractivity contribution in [1.29, 1.82) is 0 Å². The molecule has 3 N–H and O–H groups in total. The predicted molar refractivity (Wildman–Crippen MR) is 86.7 cm³/mol. The van der Waals surface area contributed by atoms with Crippen LogP contribution in [-0.4, -0.2) is 5.91 Å². The number of carbonyl (C=O) groups is 1. The molecule has 0 heterocycles. The number of nitrogens with two attached hydrogens (primary N) is 1. The second-order valence-electron chi connectivity index (χ2n) is 5.82. The van der Waals surface area contributed by atoms with Crippen LogP contribution in [0.15, 0.2) is 30.3 Å². The molecular weight excluding hydrogens is 260 g/mol. The fraction of sp³-hybridized carbons (Fsp3) is 0.278. The van der Waals surface area contributed by atoms with E-state index in [0.29, 0.717) is 0 Å². The van der Waals surface area contributed by atoms with Gasteiger partial charge in [0, 0.05) is 16.9 Å². The van der Waals surface area contributed by atoms with Gasteiger partial charge in [0.25, 0.3) is 5.91 Å². The van der Waals surface area contributed by atoms with Crippen molar-refractivity contribution in [3.8, 4) is 0 Å². The second kappa shape index (κ2) is 5.24. The standard InChI is InChI=1S/C18H20N2O/c1-11-8-16(19)9-12(2)17(11)20-18(21)15-7-6-13-4-3-5-14(13)10-15/h6-10H,3-5,19H2,1-2H3,(H,20,21). The number of benzene rings is 2. The minimum absolute atomic E-state index is 0.0549. The molecule has 0 bridgehead atoms. The average Bonchev–Trinajstić information content (AvgIpc) is 2.89. The number of rotatable bonds is 2. The highest BCUT2D eigenvalue weighted by molar-refractivity contribution is 6.05. The summed E-state index contributed by atoms with van der Waals surface area (Å²) in [6.45, 7) is 3.92. The Hall–Kier alpha value is -2.29. The molecule has 0 aliphatic heterocycles. The second-order valence-corrected chi connectivity index (χ2v) is 5.82. The number of anilines is 2. The zero-order valence-corrected chi connectivity index (χ0v) is 12.5. The first-order valence-corrected chi connectivity index (χ1v) is 7.34. The van der Waals surface area contributed by atoms with Crippen LogP contribution in [0.5, 0.6) is 0 Å². The molecule has 0 saturated carbocycles. The van der Waals surface area contributed by atoms with Gasteiger partial charge in [-0.1, -0.05) is 6.07 Å². The molecule has 0 spiro atoms. The summed E-state index contributed by atoms with van der Waals surface area (Å²) in [6, 6.07) is 9.79. The van der Waals surface area contributed by atoms with Gasteiger partial charge in [-0.15, -0.1) is 0 Å². The van der Waals surface area contributed by atoms with E-state index in [1.165, 1.54) is 17.5 Å². The summed E-state index contributed by atoms with van der Waals surface area (Å²) >= 11 is 0. The Morgan fingerprint density at radius 1 is 1.05 bits per heavy atom. The molecule has 2 aromatic carbocycles. The van der Waals surface area contributed by atoms with Crippen molar-refractivity contribution in [1.82, 2.24) is 0 Å². The highest BCUT2D eigenvalue weighted by atomic mass is 16.1. The summed E-state index contributed by atoms with van der Waals surface area (Å²) in [5, 5.41) is 3.02. The molecular formula is C18H20N2O. The Labute approximate surface area is 125 Å². The third kappa shape index (κ3) is 2.64. The maximum absolute atomic E-state index is 12.5. The van der Waals surface area contributed by atoms with E-state index >= 15 is 0 Å². The zero-order chi connectivity index (χ0) is 15.0. The fourth-order valence-electron chi connectivity index (χ4n) is 3.09. The molecule has 2 aromatic rings. The monoisotopic (exact) mass is 280 g/mol. The van der Waals surface area contributed by atoms with Gasteiger partial charge in [-0.05, 0) is 79.6 Å². The van der Waals surface area contributed by atoms with Gasteiger partial charge >= 0.3 is 0 Å². The summed E-state index contributed by atoms with van der Waals surface area (Å²) in [5.74, 6) is -0.0549. The number of nitrogen functional groups attached to an aromatic ring is 1. The molecule has 0 fully saturated rings. The first kappa shape index (κ1) is 13.7. The minimum atomic E-state index is -0.0549. The number of nitrogens with one attached hydrogen (secondary N) is 1. The van der Waals surface area contributed by atoms with Crippen molar-refractivity contribution in [2.75, 3.05) is 11.1 Å². The quantitative estimate of drug-likeness (QED) is 0.825. The topological polar surface area (TPSA) is 55.1 Å². The van der Waals surface area contributed by atoms with Gasteiger partial charge in [-0.2, -0.15) is 0 Å². The summed E-state index contributed by atoms with van der Waals surface area (Å²) < 4.78 is 0. The van der Waals surface area contributed by atoms with E-state index in [0.717, 1.165) is 40.9 Å². The molecule has 0 radical (unpaired) electrons. The van der Waals surface area contributed by atoms with Crippen LogP contribution in [0.4, 0.5) is 11.4 Å². The van der Waals surface area contributed by atoms with Crippen molar-refractivity contribution in [3.63, 3.8) is 0 Å². The van der Waals surface area contributed by atoms with Gasteiger partial charge in [0.15, 0.2) is 0 Å². The van der Waals surface area contributed by atoms with E-state index in [1.807, 2.05) is 38.1 Å². The number of hydrogen-bond donors (Lipinski definition) is 2. The number of carbonyl (C=O) groups excluding carboxylic acids is 1. The number of amides is 1. The lowest BCUT2D eigenvalue weighted by Crippen LogP contribution is -2.14. The van der Waals surface area contributed by atoms with Crippen LogP contribution in [0.2, 0.25) is 0 Å². The van der Waals surface area contributed by atoms with Crippen LogP contribution in [0.25, 0.3) is 0 Å². The van der Waals surface area contributed by atoms with Gasteiger partial charge < -0.3 is 11.1 Å². The summed E-state index contributed by atoms with van der Waals surface area (Å²) in [5.41, 5.74) is 12.8. The normalized spacial score (nSPS) is 13.0. The van der Waals surface area contributed by atoms with E-state index in [2.05, 4.69) is 11.4 Å². The molecule has 1 aliphatic rings. The fourth-order valence-corrected chi connectivity index (χ4v) is 3.09. The first-order chi connectivity index (χ1) is 10.0. The molecule has 3 nitrogen and oxygen atoms in total. The Morgan fingerprint density at radius 3 is 2.43 bits per heavy atom. The SMILES string of the molecule is Cc1cc(N)cc(C)c1NC(=O)c1ccc2c(c1)CCC2. The summed E-state index contributed by atoms with van der Waals surface area (Å²) in [4.78, 5) is 12.5. The highest BCUT2D eigenvalue weighted by Gasteiger charge is 2.15. The molecule has 0 saturated heterocycles. The van der Waals surface area contributed by atoms with E-state index in [-0.39, 0.29) is 5.91 Å². The molecule has 0 aromatic heterocycles. The van der Waals surface area contributed by atoms with Crippen molar-refractivity contribution >= 4 is 17.3 Å². The average molecular weight is 280 g/mol. The van der Waals surface area contributed by atoms with Gasteiger partial charge in [-0.3, -0.25) is 4.79 Å². The van der Waals surface area contributed by atoms with E-state index < -0.39 is 0 Å². The Balaban J connectivity index is 1.87. The Kier molecular flexibility index (Phi) is 3.42. The van der Waals surface area contributed by atoms with Crippen LogP contribution in [-0.2, 0) is 12.8 Å². The van der Waals surface area contributed by atoms with Crippen molar-refractivity contribution < 1.29 is 4.79 Å². The Morgan fingerprint density at radius 2 is 1.71 bits per heavy atom. The molecule has 21 heavy (non-hydrogen) atoms. The first-order valence-electron chi connectivity index (χ1n) is 7.34. The molecule has 1 aliphatic carbocycles. The van der Waals surface area contributed by atoms with E-state index in [1.54, 1.807) is 0 Å². The van der Waals surface area contributed by atoms with Gasteiger partial charge in [0.1, 0.15) is 0 Å². The van der Waals surface area contributed by atoms with Gasteiger partial charge in [-0.25, -0.2) is 0 Å². The van der Waals surface area contributed by atoms with Crippen molar-refractivity contribution in [3.05, 3.63) is 58.1 Å². The maximum Gasteiger partial charge on any atom is 0.255 e. The number of fused-ring (bicyclic) bond motifs is 1. The van der Waals surface area contributed by atoms with Gasteiger partial charge in [0.05, 0.1) is 0 Å². The molecule has 108 valence electrons. The number of aryl methyl sites for hydroxylation is 4. The largest absolute Gasteiger partial charge is 0.399 e. The molecule has 3 rings (SSSR count). The Bertz CT molecular complexity index is 696. The van der Waals surface area contributed by atoms with E-state index in [4.69, 9.17) is 5.73 Å². The molecule has 0 atom stereocenters. The lowest BCUT2D eigenvalue weighted by atomic mass is 10.0. The maximum atomic E-state index is 12.5. The summed E-state index contributed by atoms with van der Waals surface area (Å²) in [7, 11) is 0. The summed E-state index contributed by atoms with van der Waals surface area (Å²) in [6.07, 6.45) is 3.40. The highest BCUT2D eigenvalue weighted by Crippen LogP contribution is 2.26. The van der Waals surface area contributed by atoms with Crippen molar-refractivity contribution in [2.45, 2.75) is 33.1 Å². The van der Waals surface area contributed by atoms with Crippen molar-refractivity contribution in [2.24, 2.45) is 0 Å². The third-order valence-electron chi connectivity index (χ3n) is 4.15. The smallest absolute Gasteiger partial charge is 0.255 e. The third-order valence-corrected chi connectivity index (χ3v) is 4.15. The molecule has 1 amide bonds. The zero-order valence-electron chi connectivity index (χ0n) is 12.5. The lowest BCUT2D eigenvalue weighted by Gasteiger charge is -2.13. The molecule has 0 unspecified atom stereocenters. The van der Waals surface area contributed by atoms with E-state index in [9.17, 15) is 4.79 Å². The van der Waals surface area contributed by atoms with Gasteiger partial charge in [0.2, 0.25) is 0 Å². The van der Waals surface area contributed by atoms with Crippen LogP contribution in [0.3, 0.4) is 0 Å². The van der Waals surface area contributed by atoms with Crippen LogP contribution >= 0.6 is 0 Å². The number of hydrogen-bond acceptors (Lipinski definition) is 2. The van der Waals surface area contributed by atoms with Crippen LogP contribution in [0, 0.1) is 13.8 Å². The predicted octanol–water partition coefficient (Wildman–Crippen LogP) is 3.63.